The lowest BCUT2D eigenvalue weighted by molar-refractivity contribution is 0.0586. The first-order chi connectivity index (χ1) is 12.7. The van der Waals surface area contributed by atoms with Crippen LogP contribution in [-0.2, 0) is 4.74 Å². The Bertz CT molecular complexity index is 651. The zero-order chi connectivity index (χ0) is 18.2. The lowest BCUT2D eigenvalue weighted by atomic mass is 9.93. The molecule has 0 spiro atoms. The zero-order valence-electron chi connectivity index (χ0n) is 15.4. The van der Waals surface area contributed by atoms with E-state index in [1.54, 1.807) is 11.2 Å². The second kappa shape index (κ2) is 9.43. The van der Waals surface area contributed by atoms with Crippen LogP contribution >= 0.6 is 0 Å². The van der Waals surface area contributed by atoms with Crippen LogP contribution in [-0.4, -0.2) is 44.3 Å². The highest BCUT2D eigenvalue weighted by atomic mass is 16.5. The monoisotopic (exact) mass is 356 g/mol. The van der Waals surface area contributed by atoms with E-state index in [0.717, 1.165) is 44.8 Å². The predicted molar refractivity (Wildman–Crippen MR) is 101 cm³/mol. The van der Waals surface area contributed by atoms with Crippen LogP contribution < -0.4 is 5.32 Å². The van der Waals surface area contributed by atoms with Crippen LogP contribution in [0.15, 0.2) is 53.1 Å². The van der Waals surface area contributed by atoms with Gasteiger partial charge in [-0.05, 0) is 42.9 Å². The maximum Gasteiger partial charge on any atom is 0.317 e. The molecule has 1 aliphatic rings. The molecule has 3 rings (SSSR count). The molecule has 5 nitrogen and oxygen atoms in total. The normalized spacial score (nSPS) is 16.2. The number of nitrogens with one attached hydrogen (secondary N) is 1. The molecule has 0 saturated carbocycles. The molecule has 5 heteroatoms. The first-order valence-electron chi connectivity index (χ1n) is 9.39. The van der Waals surface area contributed by atoms with Crippen molar-refractivity contribution in [3.63, 3.8) is 0 Å². The van der Waals surface area contributed by atoms with Gasteiger partial charge in [0.25, 0.3) is 0 Å². The lowest BCUT2D eigenvalue weighted by Crippen LogP contribution is -2.41. The minimum absolute atomic E-state index is 0.0113. The Morgan fingerprint density at radius 1 is 1.19 bits per heavy atom. The summed E-state index contributed by atoms with van der Waals surface area (Å²) in [6.07, 6.45) is 4.57. The topological polar surface area (TPSA) is 54.7 Å². The molecule has 2 amide bonds. The van der Waals surface area contributed by atoms with Gasteiger partial charge in [0.1, 0.15) is 5.76 Å². The summed E-state index contributed by atoms with van der Waals surface area (Å²) in [6.45, 7) is 3.01. The SMILES string of the molecule is CN(CC1CCOCC1)C(=O)NCC[C@@H](c1ccccc1)c1ccco1. The number of hydrogen-bond donors (Lipinski definition) is 1. The summed E-state index contributed by atoms with van der Waals surface area (Å²) in [6, 6.07) is 14.2. The van der Waals surface area contributed by atoms with Gasteiger partial charge in [0, 0.05) is 39.3 Å². The molecule has 1 N–H and O–H groups in total. The van der Waals surface area contributed by atoms with E-state index in [1.165, 1.54) is 5.56 Å². The van der Waals surface area contributed by atoms with E-state index in [2.05, 4.69) is 17.4 Å². The summed E-state index contributed by atoms with van der Waals surface area (Å²) < 4.78 is 11.0. The number of hydrogen-bond acceptors (Lipinski definition) is 3. The van der Waals surface area contributed by atoms with Crippen molar-refractivity contribution in [1.29, 1.82) is 0 Å². The fourth-order valence-corrected chi connectivity index (χ4v) is 3.51. The van der Waals surface area contributed by atoms with E-state index in [-0.39, 0.29) is 11.9 Å². The van der Waals surface area contributed by atoms with Gasteiger partial charge in [0.15, 0.2) is 0 Å². The van der Waals surface area contributed by atoms with Crippen molar-refractivity contribution in [2.24, 2.45) is 5.92 Å². The molecule has 1 fully saturated rings. The van der Waals surface area contributed by atoms with Gasteiger partial charge in [-0.2, -0.15) is 0 Å². The average molecular weight is 356 g/mol. The Kier molecular flexibility index (Phi) is 6.72. The number of benzene rings is 1. The first kappa shape index (κ1) is 18.5. The van der Waals surface area contributed by atoms with Crippen molar-refractivity contribution in [3.05, 3.63) is 60.1 Å². The lowest BCUT2D eigenvalue weighted by Gasteiger charge is -2.27. The number of nitrogens with zero attached hydrogens (tertiary/aromatic N) is 1. The third-order valence-corrected chi connectivity index (χ3v) is 5.02. The highest BCUT2D eigenvalue weighted by molar-refractivity contribution is 5.73. The van der Waals surface area contributed by atoms with Gasteiger partial charge in [-0.1, -0.05) is 30.3 Å². The first-order valence-corrected chi connectivity index (χ1v) is 9.39. The molecular weight excluding hydrogens is 328 g/mol. The highest BCUT2D eigenvalue weighted by Gasteiger charge is 2.20. The molecule has 0 bridgehead atoms. The summed E-state index contributed by atoms with van der Waals surface area (Å²) in [5.74, 6) is 1.62. The number of carbonyl (C=O) groups excluding carboxylic acids is 1. The second-order valence-corrected chi connectivity index (χ2v) is 6.94. The van der Waals surface area contributed by atoms with Crippen LogP contribution in [0.5, 0.6) is 0 Å². The second-order valence-electron chi connectivity index (χ2n) is 6.94. The van der Waals surface area contributed by atoms with Crippen molar-refractivity contribution in [2.45, 2.75) is 25.2 Å². The van der Waals surface area contributed by atoms with E-state index in [4.69, 9.17) is 9.15 Å². The minimum Gasteiger partial charge on any atom is -0.469 e. The van der Waals surface area contributed by atoms with Crippen LogP contribution in [0.3, 0.4) is 0 Å². The number of ether oxygens (including phenoxy) is 1. The Labute approximate surface area is 155 Å². The third-order valence-electron chi connectivity index (χ3n) is 5.02. The Balaban J connectivity index is 1.50. The highest BCUT2D eigenvalue weighted by Crippen LogP contribution is 2.27. The predicted octanol–water partition coefficient (Wildman–Crippen LogP) is 3.87. The molecule has 0 aliphatic carbocycles. The maximum absolute atomic E-state index is 12.4. The summed E-state index contributed by atoms with van der Waals surface area (Å²) in [5, 5.41) is 3.05. The summed E-state index contributed by atoms with van der Waals surface area (Å²) in [5.41, 5.74) is 1.20. The van der Waals surface area contributed by atoms with E-state index in [9.17, 15) is 4.79 Å². The molecule has 0 unspecified atom stereocenters. The number of amides is 2. The quantitative estimate of drug-likeness (QED) is 0.819. The van der Waals surface area contributed by atoms with Gasteiger partial charge in [-0.3, -0.25) is 0 Å². The summed E-state index contributed by atoms with van der Waals surface area (Å²) in [7, 11) is 1.87. The molecule has 140 valence electrons. The van der Waals surface area contributed by atoms with Gasteiger partial charge in [0.2, 0.25) is 0 Å². The molecule has 1 saturated heterocycles. The number of urea groups is 1. The van der Waals surface area contributed by atoms with Crippen molar-refractivity contribution < 1.29 is 13.9 Å². The van der Waals surface area contributed by atoms with Gasteiger partial charge in [0.05, 0.1) is 6.26 Å². The van der Waals surface area contributed by atoms with Crippen LogP contribution in [0.1, 0.15) is 36.5 Å². The molecule has 1 aromatic heterocycles. The van der Waals surface area contributed by atoms with Crippen LogP contribution in [0.4, 0.5) is 4.79 Å². The Morgan fingerprint density at radius 3 is 2.65 bits per heavy atom. The molecule has 0 radical (unpaired) electrons. The van der Waals surface area contributed by atoms with Crippen molar-refractivity contribution >= 4 is 6.03 Å². The van der Waals surface area contributed by atoms with E-state index in [0.29, 0.717) is 12.5 Å². The molecule has 1 atom stereocenters. The molecule has 2 aromatic rings. The van der Waals surface area contributed by atoms with Gasteiger partial charge in [-0.25, -0.2) is 4.79 Å². The minimum atomic E-state index is -0.0113. The third kappa shape index (κ3) is 5.11. The zero-order valence-corrected chi connectivity index (χ0v) is 15.4. The van der Waals surface area contributed by atoms with Crippen LogP contribution in [0, 0.1) is 5.92 Å². The molecule has 1 aromatic carbocycles. The molecule has 1 aliphatic heterocycles. The summed E-state index contributed by atoms with van der Waals surface area (Å²) >= 11 is 0. The van der Waals surface area contributed by atoms with Gasteiger partial charge < -0.3 is 19.4 Å². The fraction of sp³-hybridized carbons (Fsp3) is 0.476. The van der Waals surface area contributed by atoms with Crippen LogP contribution in [0.2, 0.25) is 0 Å². The number of carbonyl (C=O) groups is 1. The standard InChI is InChI=1S/C21H28N2O3/c1-23(16-17-10-14-25-15-11-17)21(24)22-12-9-19(20-8-5-13-26-20)18-6-3-2-4-7-18/h2-8,13,17,19H,9-12,14-16H2,1H3,(H,22,24)/t19-/m0/s1. The number of furan rings is 1. The van der Waals surface area contributed by atoms with E-state index >= 15 is 0 Å². The number of rotatable bonds is 7. The van der Waals surface area contributed by atoms with Crippen molar-refractivity contribution in [2.75, 3.05) is 33.4 Å². The molecule has 26 heavy (non-hydrogen) atoms. The van der Waals surface area contributed by atoms with Crippen LogP contribution in [0.25, 0.3) is 0 Å². The summed E-state index contributed by atoms with van der Waals surface area (Å²) in [4.78, 5) is 14.2. The van der Waals surface area contributed by atoms with Crippen molar-refractivity contribution in [1.82, 2.24) is 10.2 Å². The Hall–Kier alpha value is -2.27. The van der Waals surface area contributed by atoms with E-state index < -0.39 is 0 Å². The van der Waals surface area contributed by atoms with Gasteiger partial charge in [-0.15, -0.1) is 0 Å². The molecule has 2 heterocycles. The average Bonchev–Trinajstić information content (AvgIpc) is 3.21. The fourth-order valence-electron chi connectivity index (χ4n) is 3.51. The van der Waals surface area contributed by atoms with E-state index in [1.807, 2.05) is 37.4 Å². The smallest absolute Gasteiger partial charge is 0.317 e. The molecular formula is C21H28N2O3. The van der Waals surface area contributed by atoms with Crippen molar-refractivity contribution in [3.8, 4) is 0 Å². The maximum atomic E-state index is 12.4. The Morgan fingerprint density at radius 2 is 1.96 bits per heavy atom. The van der Waals surface area contributed by atoms with Gasteiger partial charge >= 0.3 is 6.03 Å². The largest absolute Gasteiger partial charge is 0.469 e.